The molecule has 4 rings (SSSR count). The number of aromatic amines is 1. The summed E-state index contributed by atoms with van der Waals surface area (Å²) in [6, 6.07) is 20.4. The summed E-state index contributed by atoms with van der Waals surface area (Å²) in [7, 11) is 0. The van der Waals surface area contributed by atoms with Crippen LogP contribution in [0.1, 0.15) is 12.5 Å². The molecule has 0 unspecified atom stereocenters. The Labute approximate surface area is 214 Å². The van der Waals surface area contributed by atoms with Gasteiger partial charge in [-0.05, 0) is 79.8 Å². The van der Waals surface area contributed by atoms with E-state index in [-0.39, 0.29) is 21.9 Å². The lowest BCUT2D eigenvalue weighted by molar-refractivity contribution is -0.384. The number of hydrogen-bond donors (Lipinski definition) is 2. The van der Waals surface area contributed by atoms with Crippen LogP contribution in [0.2, 0.25) is 0 Å². The van der Waals surface area contributed by atoms with Crippen LogP contribution in [0.3, 0.4) is 0 Å². The first-order valence-electron chi connectivity index (χ1n) is 10.7. The Kier molecular flexibility index (Phi) is 7.62. The number of H-pyrrole nitrogens is 1. The Balaban J connectivity index is 1.55. The Morgan fingerprint density at radius 1 is 1.08 bits per heavy atom. The molecule has 36 heavy (non-hydrogen) atoms. The molecule has 0 aliphatic heterocycles. The minimum absolute atomic E-state index is 0.0372. The summed E-state index contributed by atoms with van der Waals surface area (Å²) in [6.07, 6.45) is 1.28. The first kappa shape index (κ1) is 24.9. The van der Waals surface area contributed by atoms with Crippen molar-refractivity contribution in [1.82, 2.24) is 9.55 Å². The van der Waals surface area contributed by atoms with E-state index in [1.807, 2.05) is 19.1 Å². The van der Waals surface area contributed by atoms with Gasteiger partial charge in [0.05, 0.1) is 22.9 Å². The quantitative estimate of drug-likeness (QED) is 0.130. The molecule has 0 bridgehead atoms. The van der Waals surface area contributed by atoms with E-state index in [2.05, 4.69) is 9.98 Å². The van der Waals surface area contributed by atoms with Crippen molar-refractivity contribution in [1.29, 1.82) is 0 Å². The monoisotopic (exact) mass is 520 g/mol. The molecule has 0 fully saturated rings. The van der Waals surface area contributed by atoms with E-state index in [4.69, 9.17) is 17.0 Å². The number of hydrogen-bond acceptors (Lipinski definition) is 8. The highest BCUT2D eigenvalue weighted by Gasteiger charge is 2.13. The molecule has 9 nitrogen and oxygen atoms in total. The third kappa shape index (κ3) is 5.70. The van der Waals surface area contributed by atoms with Crippen LogP contribution >= 0.6 is 24.0 Å². The Morgan fingerprint density at radius 2 is 1.69 bits per heavy atom. The Bertz CT molecular complexity index is 1530. The maximum absolute atomic E-state index is 12.5. The fraction of sp³-hybridized carbons (Fsp3) is 0.0800. The molecule has 0 aliphatic carbocycles. The number of rotatable bonds is 8. The zero-order valence-electron chi connectivity index (χ0n) is 19.0. The number of benzene rings is 3. The minimum Gasteiger partial charge on any atom is -0.494 e. The predicted octanol–water partition coefficient (Wildman–Crippen LogP) is 5.81. The summed E-state index contributed by atoms with van der Waals surface area (Å²) in [5.74, 6) is 0.343. The molecular weight excluding hydrogens is 500 g/mol. The van der Waals surface area contributed by atoms with Gasteiger partial charge >= 0.3 is 0 Å². The van der Waals surface area contributed by atoms with Gasteiger partial charge in [0.25, 0.3) is 11.2 Å². The third-order valence-corrected chi connectivity index (χ3v) is 6.29. The largest absolute Gasteiger partial charge is 0.494 e. The molecule has 1 heterocycles. The molecule has 182 valence electrons. The van der Waals surface area contributed by atoms with Crippen LogP contribution in [0.5, 0.6) is 11.6 Å². The van der Waals surface area contributed by atoms with E-state index in [0.29, 0.717) is 23.7 Å². The lowest BCUT2D eigenvalue weighted by Gasteiger charge is -2.12. The van der Waals surface area contributed by atoms with Gasteiger partial charge < -0.3 is 9.84 Å². The highest BCUT2D eigenvalue weighted by atomic mass is 32.2. The summed E-state index contributed by atoms with van der Waals surface area (Å²) in [5.41, 5.74) is 0.558. The van der Waals surface area contributed by atoms with Gasteiger partial charge in [0, 0.05) is 28.1 Å². The highest BCUT2D eigenvalue weighted by molar-refractivity contribution is 7.99. The van der Waals surface area contributed by atoms with Crippen LogP contribution in [0, 0.1) is 14.9 Å². The van der Waals surface area contributed by atoms with E-state index in [1.54, 1.807) is 48.5 Å². The molecule has 4 aromatic rings. The average Bonchev–Trinajstić information content (AvgIpc) is 2.86. The van der Waals surface area contributed by atoms with E-state index in [9.17, 15) is 20.0 Å². The van der Waals surface area contributed by atoms with Gasteiger partial charge in [-0.15, -0.1) is 0 Å². The molecule has 0 spiro atoms. The Hall–Kier alpha value is -4.22. The summed E-state index contributed by atoms with van der Waals surface area (Å²) in [4.78, 5) is 31.5. The van der Waals surface area contributed by atoms with Gasteiger partial charge in [-0.2, -0.15) is 0 Å². The van der Waals surface area contributed by atoms with Crippen molar-refractivity contribution in [3.8, 4) is 17.3 Å². The second-order valence-electron chi connectivity index (χ2n) is 7.36. The van der Waals surface area contributed by atoms with Gasteiger partial charge in [0.15, 0.2) is 4.77 Å². The summed E-state index contributed by atoms with van der Waals surface area (Å²) in [5, 5.41) is 21.6. The van der Waals surface area contributed by atoms with Crippen molar-refractivity contribution in [2.24, 2.45) is 4.99 Å². The van der Waals surface area contributed by atoms with Gasteiger partial charge in [-0.1, -0.05) is 11.8 Å². The van der Waals surface area contributed by atoms with Crippen LogP contribution in [0.15, 0.2) is 92.4 Å². The number of nitro groups is 1. The SMILES string of the molecule is CCOc1ccc(-n2c(O)c(C=Nc3ccc(Sc4ccc([N+](=O)[O-])cc4)cc3)c(=O)[nH]c2=S)cc1. The molecule has 3 aromatic carbocycles. The fourth-order valence-electron chi connectivity index (χ4n) is 3.26. The van der Waals surface area contributed by atoms with Crippen LogP contribution in [-0.4, -0.2) is 32.4 Å². The topological polar surface area (TPSA) is 123 Å². The molecular formula is C25H20N4O5S2. The standard InChI is InChI=1S/C25H20N4O5S2/c1-2-34-19-9-5-17(6-10-19)28-24(31)22(23(30)27-25(28)35)15-26-16-3-11-20(12-4-16)36-21-13-7-18(8-14-21)29(32)33/h3-15,31H,2H2,1H3,(H,27,30,35). The summed E-state index contributed by atoms with van der Waals surface area (Å²) in [6.45, 7) is 2.41. The number of nitrogens with one attached hydrogen (secondary N) is 1. The van der Waals surface area contributed by atoms with Gasteiger partial charge in [0.2, 0.25) is 5.88 Å². The molecule has 0 saturated carbocycles. The zero-order valence-corrected chi connectivity index (χ0v) is 20.6. The second-order valence-corrected chi connectivity index (χ2v) is 8.90. The third-order valence-electron chi connectivity index (χ3n) is 4.99. The molecule has 0 saturated heterocycles. The number of nitrogens with zero attached hydrogens (tertiary/aromatic N) is 3. The lowest BCUT2D eigenvalue weighted by Crippen LogP contribution is -2.18. The maximum Gasteiger partial charge on any atom is 0.269 e. The van der Waals surface area contributed by atoms with Crippen molar-refractivity contribution in [2.45, 2.75) is 16.7 Å². The number of non-ortho nitro benzene ring substituents is 1. The number of nitro benzene ring substituents is 1. The van der Waals surface area contributed by atoms with Gasteiger partial charge in [-0.25, -0.2) is 0 Å². The zero-order chi connectivity index (χ0) is 25.7. The van der Waals surface area contributed by atoms with Crippen molar-refractivity contribution in [3.05, 3.63) is 104 Å². The molecule has 2 N–H and O–H groups in total. The van der Waals surface area contributed by atoms with E-state index >= 15 is 0 Å². The second kappa shape index (κ2) is 11.0. The van der Waals surface area contributed by atoms with Crippen molar-refractivity contribution in [2.75, 3.05) is 6.61 Å². The molecule has 0 aliphatic rings. The van der Waals surface area contributed by atoms with Crippen molar-refractivity contribution in [3.63, 3.8) is 0 Å². The lowest BCUT2D eigenvalue weighted by atomic mass is 10.2. The van der Waals surface area contributed by atoms with Crippen LogP contribution < -0.4 is 10.3 Å². The Morgan fingerprint density at radius 3 is 2.28 bits per heavy atom. The number of ether oxygens (including phenoxy) is 1. The fourth-order valence-corrected chi connectivity index (χ4v) is 4.36. The van der Waals surface area contributed by atoms with E-state index in [0.717, 1.165) is 9.79 Å². The summed E-state index contributed by atoms with van der Waals surface area (Å²) >= 11 is 6.70. The minimum atomic E-state index is -0.561. The number of aromatic hydroxyl groups is 1. The van der Waals surface area contributed by atoms with Crippen LogP contribution in [-0.2, 0) is 0 Å². The maximum atomic E-state index is 12.5. The normalized spacial score (nSPS) is 11.0. The van der Waals surface area contributed by atoms with Crippen LogP contribution in [0.25, 0.3) is 5.69 Å². The first-order valence-corrected chi connectivity index (χ1v) is 12.0. The van der Waals surface area contributed by atoms with Gasteiger partial charge in [-0.3, -0.25) is 29.5 Å². The van der Waals surface area contributed by atoms with E-state index in [1.165, 1.54) is 34.7 Å². The molecule has 11 heteroatoms. The predicted molar refractivity (Wildman–Crippen MR) is 141 cm³/mol. The number of aliphatic imine (C=N–C) groups is 1. The van der Waals surface area contributed by atoms with Crippen molar-refractivity contribution >= 4 is 41.6 Å². The smallest absolute Gasteiger partial charge is 0.269 e. The molecule has 1 aromatic heterocycles. The first-order chi connectivity index (χ1) is 17.4. The highest BCUT2D eigenvalue weighted by Crippen LogP contribution is 2.30. The summed E-state index contributed by atoms with van der Waals surface area (Å²) < 4.78 is 6.83. The van der Waals surface area contributed by atoms with E-state index < -0.39 is 10.5 Å². The van der Waals surface area contributed by atoms with Gasteiger partial charge in [0.1, 0.15) is 11.3 Å². The molecule has 0 amide bonds. The van der Waals surface area contributed by atoms with Crippen LogP contribution in [0.4, 0.5) is 11.4 Å². The molecule has 0 radical (unpaired) electrons. The number of aromatic nitrogens is 2. The van der Waals surface area contributed by atoms with Crippen molar-refractivity contribution < 1.29 is 14.8 Å². The average molecular weight is 521 g/mol. The molecule has 0 atom stereocenters.